The summed E-state index contributed by atoms with van der Waals surface area (Å²) in [6.07, 6.45) is 0. The van der Waals surface area contributed by atoms with Gasteiger partial charge in [0.15, 0.2) is 5.96 Å². The van der Waals surface area contributed by atoms with Gasteiger partial charge in [-0.15, -0.1) is 0 Å². The van der Waals surface area contributed by atoms with Crippen molar-refractivity contribution in [3.8, 4) is 0 Å². The highest BCUT2D eigenvalue weighted by Gasteiger charge is 2.19. The Labute approximate surface area is 149 Å². The van der Waals surface area contributed by atoms with Gasteiger partial charge in [0.2, 0.25) is 0 Å². The summed E-state index contributed by atoms with van der Waals surface area (Å²) in [5.41, 5.74) is 0.961. The van der Waals surface area contributed by atoms with E-state index in [4.69, 9.17) is 0 Å². The van der Waals surface area contributed by atoms with E-state index in [2.05, 4.69) is 40.9 Å². The Morgan fingerprint density at radius 2 is 2.04 bits per heavy atom. The highest BCUT2D eigenvalue weighted by molar-refractivity contribution is 5.80. The van der Waals surface area contributed by atoms with Gasteiger partial charge in [0, 0.05) is 51.4 Å². The molecule has 0 aromatic heterocycles. The Balaban J connectivity index is 1.99. The van der Waals surface area contributed by atoms with Crippen LogP contribution in [0.1, 0.15) is 26.3 Å². The zero-order chi connectivity index (χ0) is 18.2. The smallest absolute Gasteiger partial charge is 0.269 e. The van der Waals surface area contributed by atoms with Crippen molar-refractivity contribution in [1.29, 1.82) is 0 Å². The summed E-state index contributed by atoms with van der Waals surface area (Å²) in [6.45, 7) is 12.9. The quantitative estimate of drug-likeness (QED) is 0.370. The lowest BCUT2D eigenvalue weighted by Crippen LogP contribution is -2.53. The molecule has 7 heteroatoms. The van der Waals surface area contributed by atoms with Crippen molar-refractivity contribution in [2.24, 2.45) is 10.9 Å². The second-order valence-electron chi connectivity index (χ2n) is 6.78. The van der Waals surface area contributed by atoms with Gasteiger partial charge in [0.05, 0.1) is 11.5 Å². The summed E-state index contributed by atoms with van der Waals surface area (Å²) in [5.74, 6) is 1.57. The van der Waals surface area contributed by atoms with Crippen LogP contribution in [0.2, 0.25) is 0 Å². The fourth-order valence-electron chi connectivity index (χ4n) is 3.02. The third-order valence-electron chi connectivity index (χ3n) is 4.16. The van der Waals surface area contributed by atoms with Crippen LogP contribution < -0.4 is 5.32 Å². The first-order chi connectivity index (χ1) is 12.0. The van der Waals surface area contributed by atoms with E-state index in [-0.39, 0.29) is 10.6 Å². The number of nitro groups is 1. The van der Waals surface area contributed by atoms with Gasteiger partial charge in [-0.05, 0) is 18.4 Å². The van der Waals surface area contributed by atoms with E-state index in [0.717, 1.165) is 50.8 Å². The monoisotopic (exact) mass is 347 g/mol. The third-order valence-corrected chi connectivity index (χ3v) is 4.16. The molecular weight excluding hydrogens is 318 g/mol. The molecule has 0 spiro atoms. The summed E-state index contributed by atoms with van der Waals surface area (Å²) in [7, 11) is 0. The number of hydrogen-bond acceptors (Lipinski definition) is 4. The van der Waals surface area contributed by atoms with Crippen LogP contribution >= 0.6 is 0 Å². The van der Waals surface area contributed by atoms with Crippen LogP contribution in [0, 0.1) is 16.0 Å². The van der Waals surface area contributed by atoms with E-state index in [1.807, 2.05) is 6.07 Å². The van der Waals surface area contributed by atoms with Crippen LogP contribution in [0.5, 0.6) is 0 Å². The summed E-state index contributed by atoms with van der Waals surface area (Å²) in [6, 6.07) is 6.68. The lowest BCUT2D eigenvalue weighted by atomic mass is 10.2. The molecular formula is C18H29N5O2. The van der Waals surface area contributed by atoms with Crippen LogP contribution in [0.3, 0.4) is 0 Å². The number of hydrogen-bond donors (Lipinski definition) is 1. The molecule has 0 unspecified atom stereocenters. The van der Waals surface area contributed by atoms with Gasteiger partial charge in [-0.1, -0.05) is 26.0 Å². The molecule has 1 N–H and O–H groups in total. The average molecular weight is 347 g/mol. The average Bonchev–Trinajstić information content (AvgIpc) is 2.59. The minimum Gasteiger partial charge on any atom is -0.357 e. The fourth-order valence-corrected chi connectivity index (χ4v) is 3.02. The van der Waals surface area contributed by atoms with Crippen LogP contribution in [0.25, 0.3) is 0 Å². The SMILES string of the molecule is CCNC(=NCc1cccc([N+](=O)[O-])c1)N1CCN(CC(C)C)CC1. The molecule has 0 saturated carbocycles. The molecule has 0 radical (unpaired) electrons. The number of nitrogens with zero attached hydrogens (tertiary/aromatic N) is 4. The summed E-state index contributed by atoms with van der Waals surface area (Å²) >= 11 is 0. The van der Waals surface area contributed by atoms with Crippen LogP contribution in [0.15, 0.2) is 29.3 Å². The van der Waals surface area contributed by atoms with Gasteiger partial charge in [0.25, 0.3) is 5.69 Å². The largest absolute Gasteiger partial charge is 0.357 e. The Hall–Kier alpha value is -2.15. The lowest BCUT2D eigenvalue weighted by molar-refractivity contribution is -0.384. The number of rotatable bonds is 6. The summed E-state index contributed by atoms with van der Waals surface area (Å²) in [4.78, 5) is 20.0. The Kier molecular flexibility index (Phi) is 7.18. The van der Waals surface area contributed by atoms with E-state index in [1.54, 1.807) is 12.1 Å². The molecule has 1 saturated heterocycles. The predicted molar refractivity (Wildman–Crippen MR) is 101 cm³/mol. The highest BCUT2D eigenvalue weighted by atomic mass is 16.6. The number of non-ortho nitro benzene ring substituents is 1. The van der Waals surface area contributed by atoms with Gasteiger partial charge < -0.3 is 10.2 Å². The lowest BCUT2D eigenvalue weighted by Gasteiger charge is -2.37. The maximum Gasteiger partial charge on any atom is 0.269 e. The van der Waals surface area contributed by atoms with Crippen molar-refractivity contribution in [3.63, 3.8) is 0 Å². The first kappa shape index (κ1) is 19.2. The Morgan fingerprint density at radius 1 is 1.32 bits per heavy atom. The van der Waals surface area contributed by atoms with Crippen molar-refractivity contribution in [2.45, 2.75) is 27.3 Å². The summed E-state index contributed by atoms with van der Waals surface area (Å²) < 4.78 is 0. The minimum absolute atomic E-state index is 0.111. The molecule has 1 aromatic rings. The molecule has 0 amide bonds. The Morgan fingerprint density at radius 3 is 2.64 bits per heavy atom. The second-order valence-corrected chi connectivity index (χ2v) is 6.78. The molecule has 1 aliphatic rings. The minimum atomic E-state index is -0.369. The molecule has 7 nitrogen and oxygen atoms in total. The van der Waals surface area contributed by atoms with E-state index < -0.39 is 0 Å². The predicted octanol–water partition coefficient (Wildman–Crippen LogP) is 2.33. The molecule has 0 bridgehead atoms. The molecule has 1 fully saturated rings. The topological polar surface area (TPSA) is 74.0 Å². The molecule has 0 atom stereocenters. The molecule has 1 aliphatic heterocycles. The standard InChI is InChI=1S/C18H29N5O2/c1-4-19-18(22-10-8-21(9-11-22)14-15(2)3)20-13-16-6-5-7-17(12-16)23(24)25/h5-7,12,15H,4,8-11,13-14H2,1-3H3,(H,19,20). The van der Waals surface area contributed by atoms with Crippen LogP contribution in [-0.4, -0.2) is 60.0 Å². The van der Waals surface area contributed by atoms with Crippen molar-refractivity contribution in [3.05, 3.63) is 39.9 Å². The van der Waals surface area contributed by atoms with Gasteiger partial charge in [-0.2, -0.15) is 0 Å². The van der Waals surface area contributed by atoms with Gasteiger partial charge in [-0.3, -0.25) is 15.0 Å². The van der Waals surface area contributed by atoms with E-state index in [0.29, 0.717) is 12.5 Å². The van der Waals surface area contributed by atoms with Gasteiger partial charge >= 0.3 is 0 Å². The molecule has 1 heterocycles. The van der Waals surface area contributed by atoms with E-state index in [1.165, 1.54) is 6.07 Å². The normalized spacial score (nSPS) is 16.3. The molecule has 138 valence electrons. The number of aliphatic imine (C=N–C) groups is 1. The molecule has 1 aromatic carbocycles. The number of nitro benzene ring substituents is 1. The maximum atomic E-state index is 10.9. The number of guanidine groups is 1. The Bertz CT molecular complexity index is 595. The maximum absolute atomic E-state index is 10.9. The van der Waals surface area contributed by atoms with Crippen LogP contribution in [0.4, 0.5) is 5.69 Å². The van der Waals surface area contributed by atoms with Gasteiger partial charge in [-0.25, -0.2) is 4.99 Å². The highest BCUT2D eigenvalue weighted by Crippen LogP contribution is 2.14. The zero-order valence-electron chi connectivity index (χ0n) is 15.4. The summed E-state index contributed by atoms with van der Waals surface area (Å²) in [5, 5.41) is 14.2. The van der Waals surface area contributed by atoms with Crippen molar-refractivity contribution >= 4 is 11.6 Å². The molecule has 0 aliphatic carbocycles. The number of benzene rings is 1. The van der Waals surface area contributed by atoms with Crippen molar-refractivity contribution in [2.75, 3.05) is 39.3 Å². The van der Waals surface area contributed by atoms with Gasteiger partial charge in [0.1, 0.15) is 0 Å². The number of nitrogens with one attached hydrogen (secondary N) is 1. The molecule has 2 rings (SSSR count). The molecule has 25 heavy (non-hydrogen) atoms. The van der Waals surface area contributed by atoms with Crippen molar-refractivity contribution < 1.29 is 4.92 Å². The van der Waals surface area contributed by atoms with E-state index >= 15 is 0 Å². The van der Waals surface area contributed by atoms with Crippen LogP contribution in [-0.2, 0) is 6.54 Å². The fraction of sp³-hybridized carbons (Fsp3) is 0.611. The van der Waals surface area contributed by atoms with E-state index in [9.17, 15) is 10.1 Å². The first-order valence-electron chi connectivity index (χ1n) is 8.98. The van der Waals surface area contributed by atoms with Crippen molar-refractivity contribution in [1.82, 2.24) is 15.1 Å². The number of piperazine rings is 1. The first-order valence-corrected chi connectivity index (χ1v) is 8.98. The zero-order valence-corrected chi connectivity index (χ0v) is 15.4. The second kappa shape index (κ2) is 9.36. The third kappa shape index (κ3) is 6.01.